The highest BCUT2D eigenvalue weighted by molar-refractivity contribution is 9.10. The molecule has 0 saturated carbocycles. The van der Waals surface area contributed by atoms with Crippen molar-refractivity contribution >= 4 is 21.8 Å². The molecule has 2 aromatic carbocycles. The second kappa shape index (κ2) is 8.50. The predicted octanol–water partition coefficient (Wildman–Crippen LogP) is 4.48. The summed E-state index contributed by atoms with van der Waals surface area (Å²) in [7, 11) is 0. The molecule has 128 valence electrons. The Labute approximate surface area is 153 Å². The van der Waals surface area contributed by atoms with E-state index in [4.69, 9.17) is 14.0 Å². The Morgan fingerprint density at radius 2 is 1.72 bits per heavy atom. The topological polar surface area (TPSA) is 60.7 Å². The van der Waals surface area contributed by atoms with Crippen LogP contribution >= 0.6 is 15.9 Å². The van der Waals surface area contributed by atoms with Crippen LogP contribution in [0.3, 0.4) is 0 Å². The Kier molecular flexibility index (Phi) is 5.87. The minimum absolute atomic E-state index is 0.166. The van der Waals surface area contributed by atoms with Gasteiger partial charge in [-0.05, 0) is 45.8 Å². The summed E-state index contributed by atoms with van der Waals surface area (Å²) in [6, 6.07) is 20.4. The SMILES string of the molecule is O=C(NOCc1ccccc1)c1ccc(COc2ccccc2Br)o1. The molecule has 25 heavy (non-hydrogen) atoms. The van der Waals surface area contributed by atoms with Crippen LogP contribution in [0.4, 0.5) is 0 Å². The van der Waals surface area contributed by atoms with Gasteiger partial charge in [0, 0.05) is 0 Å². The minimum atomic E-state index is -0.442. The monoisotopic (exact) mass is 401 g/mol. The number of halogens is 1. The molecular weight excluding hydrogens is 386 g/mol. The normalized spacial score (nSPS) is 10.4. The van der Waals surface area contributed by atoms with Crippen molar-refractivity contribution in [3.05, 3.63) is 88.3 Å². The van der Waals surface area contributed by atoms with Crippen molar-refractivity contribution in [2.24, 2.45) is 0 Å². The van der Waals surface area contributed by atoms with Crippen molar-refractivity contribution < 1.29 is 18.8 Å². The molecule has 5 nitrogen and oxygen atoms in total. The summed E-state index contributed by atoms with van der Waals surface area (Å²) in [5.41, 5.74) is 3.33. The van der Waals surface area contributed by atoms with E-state index in [1.54, 1.807) is 12.1 Å². The summed E-state index contributed by atoms with van der Waals surface area (Å²) in [5, 5.41) is 0. The van der Waals surface area contributed by atoms with E-state index >= 15 is 0 Å². The van der Waals surface area contributed by atoms with Crippen LogP contribution in [0.25, 0.3) is 0 Å². The van der Waals surface area contributed by atoms with E-state index in [2.05, 4.69) is 21.4 Å². The zero-order valence-electron chi connectivity index (χ0n) is 13.3. The highest BCUT2D eigenvalue weighted by atomic mass is 79.9. The van der Waals surface area contributed by atoms with Gasteiger partial charge in [0.2, 0.25) is 0 Å². The smallest absolute Gasteiger partial charge is 0.310 e. The van der Waals surface area contributed by atoms with Gasteiger partial charge in [-0.15, -0.1) is 0 Å². The Morgan fingerprint density at radius 1 is 0.960 bits per heavy atom. The van der Waals surface area contributed by atoms with Crippen LogP contribution in [-0.2, 0) is 18.1 Å². The number of hydrogen-bond donors (Lipinski definition) is 1. The van der Waals surface area contributed by atoms with Gasteiger partial charge in [-0.3, -0.25) is 9.63 Å². The lowest BCUT2D eigenvalue weighted by Gasteiger charge is -2.06. The van der Waals surface area contributed by atoms with Crippen molar-refractivity contribution in [1.29, 1.82) is 0 Å². The summed E-state index contributed by atoms with van der Waals surface area (Å²) in [6.45, 7) is 0.506. The molecule has 0 atom stereocenters. The lowest BCUT2D eigenvalue weighted by atomic mass is 10.2. The molecule has 6 heteroatoms. The number of furan rings is 1. The molecule has 0 bridgehead atoms. The Morgan fingerprint density at radius 3 is 2.52 bits per heavy atom. The fourth-order valence-electron chi connectivity index (χ4n) is 2.10. The molecule has 0 aliphatic heterocycles. The van der Waals surface area contributed by atoms with Gasteiger partial charge in [-0.25, -0.2) is 5.48 Å². The third-order valence-corrected chi connectivity index (χ3v) is 3.99. The lowest BCUT2D eigenvalue weighted by molar-refractivity contribution is 0.0210. The number of nitrogens with one attached hydrogen (secondary N) is 1. The van der Waals surface area contributed by atoms with Crippen molar-refractivity contribution in [2.45, 2.75) is 13.2 Å². The third kappa shape index (κ3) is 4.95. The van der Waals surface area contributed by atoms with E-state index < -0.39 is 5.91 Å². The van der Waals surface area contributed by atoms with Crippen LogP contribution in [0.2, 0.25) is 0 Å². The fourth-order valence-corrected chi connectivity index (χ4v) is 2.50. The van der Waals surface area contributed by atoms with E-state index in [1.165, 1.54) is 0 Å². The Hall–Kier alpha value is -2.57. The first kappa shape index (κ1) is 17.3. The van der Waals surface area contributed by atoms with Crippen molar-refractivity contribution in [3.8, 4) is 5.75 Å². The molecular formula is C19H16BrNO4. The van der Waals surface area contributed by atoms with Gasteiger partial charge in [-0.1, -0.05) is 42.5 Å². The van der Waals surface area contributed by atoms with Crippen LogP contribution in [0, 0.1) is 0 Å². The molecule has 3 aromatic rings. The summed E-state index contributed by atoms with van der Waals surface area (Å²) < 4.78 is 12.0. The van der Waals surface area contributed by atoms with Crippen LogP contribution in [0.15, 0.2) is 75.6 Å². The molecule has 0 aliphatic rings. The molecule has 0 fully saturated rings. The van der Waals surface area contributed by atoms with Crippen LogP contribution in [-0.4, -0.2) is 5.91 Å². The van der Waals surface area contributed by atoms with Gasteiger partial charge in [0.05, 0.1) is 11.1 Å². The molecule has 0 saturated heterocycles. The van der Waals surface area contributed by atoms with Crippen molar-refractivity contribution in [1.82, 2.24) is 5.48 Å². The summed E-state index contributed by atoms with van der Waals surface area (Å²) in [5.74, 6) is 0.974. The van der Waals surface area contributed by atoms with Gasteiger partial charge in [0.15, 0.2) is 5.76 Å². The number of carbonyl (C=O) groups is 1. The fraction of sp³-hybridized carbons (Fsp3) is 0.105. The van der Waals surface area contributed by atoms with Gasteiger partial charge in [0.25, 0.3) is 0 Å². The molecule has 0 spiro atoms. The largest absolute Gasteiger partial charge is 0.484 e. The molecule has 1 heterocycles. The number of benzene rings is 2. The van der Waals surface area contributed by atoms with E-state index in [0.717, 1.165) is 10.0 Å². The van der Waals surface area contributed by atoms with Gasteiger partial charge in [0.1, 0.15) is 18.1 Å². The number of para-hydroxylation sites is 1. The standard InChI is InChI=1S/C19H16BrNO4/c20-16-8-4-5-9-17(16)23-13-15-10-11-18(25-15)19(22)21-24-12-14-6-2-1-3-7-14/h1-11H,12-13H2,(H,21,22). The highest BCUT2D eigenvalue weighted by Crippen LogP contribution is 2.24. The maximum absolute atomic E-state index is 12.0. The van der Waals surface area contributed by atoms with E-state index in [1.807, 2.05) is 54.6 Å². The van der Waals surface area contributed by atoms with E-state index in [9.17, 15) is 4.79 Å². The lowest BCUT2D eigenvalue weighted by Crippen LogP contribution is -2.23. The number of rotatable bonds is 7. The molecule has 0 radical (unpaired) electrons. The number of amides is 1. The van der Waals surface area contributed by atoms with Gasteiger partial charge in [-0.2, -0.15) is 0 Å². The van der Waals surface area contributed by atoms with Crippen LogP contribution in [0.5, 0.6) is 5.75 Å². The summed E-state index contributed by atoms with van der Waals surface area (Å²) in [6.07, 6.45) is 0. The third-order valence-electron chi connectivity index (χ3n) is 3.34. The van der Waals surface area contributed by atoms with Crippen molar-refractivity contribution in [3.63, 3.8) is 0 Å². The number of carbonyl (C=O) groups excluding carboxylic acids is 1. The molecule has 1 aromatic heterocycles. The maximum atomic E-state index is 12.0. The Balaban J connectivity index is 1.49. The second-order valence-corrected chi connectivity index (χ2v) is 6.04. The quantitative estimate of drug-likeness (QED) is 0.592. The predicted molar refractivity (Wildman–Crippen MR) is 95.9 cm³/mol. The van der Waals surface area contributed by atoms with Crippen LogP contribution < -0.4 is 10.2 Å². The molecule has 1 amide bonds. The number of hydrogen-bond acceptors (Lipinski definition) is 4. The van der Waals surface area contributed by atoms with Crippen molar-refractivity contribution in [2.75, 3.05) is 0 Å². The first-order chi connectivity index (χ1) is 12.2. The first-order valence-electron chi connectivity index (χ1n) is 7.64. The molecule has 0 unspecified atom stereocenters. The number of hydroxylamine groups is 1. The average Bonchev–Trinajstić information content (AvgIpc) is 3.11. The van der Waals surface area contributed by atoms with Gasteiger partial charge >= 0.3 is 5.91 Å². The maximum Gasteiger partial charge on any atom is 0.310 e. The van der Waals surface area contributed by atoms with Gasteiger partial charge < -0.3 is 9.15 Å². The molecule has 3 rings (SSSR count). The second-order valence-electron chi connectivity index (χ2n) is 5.19. The zero-order valence-corrected chi connectivity index (χ0v) is 14.9. The van der Waals surface area contributed by atoms with Crippen LogP contribution in [0.1, 0.15) is 21.9 Å². The summed E-state index contributed by atoms with van der Waals surface area (Å²) in [4.78, 5) is 17.2. The average molecular weight is 402 g/mol. The molecule has 0 aliphatic carbocycles. The van der Waals surface area contributed by atoms with E-state index in [0.29, 0.717) is 11.5 Å². The summed E-state index contributed by atoms with van der Waals surface area (Å²) >= 11 is 3.41. The minimum Gasteiger partial charge on any atom is -0.484 e. The highest BCUT2D eigenvalue weighted by Gasteiger charge is 2.12. The Bertz CT molecular complexity index is 832. The first-order valence-corrected chi connectivity index (χ1v) is 8.44. The molecule has 1 N–H and O–H groups in total. The zero-order chi connectivity index (χ0) is 17.5. The number of ether oxygens (including phenoxy) is 1. The van der Waals surface area contributed by atoms with E-state index in [-0.39, 0.29) is 19.0 Å².